The number of amides is 1. The number of aryl methyl sites for hydroxylation is 1. The Morgan fingerprint density at radius 1 is 0.906 bits per heavy atom. The second-order valence-electron chi connectivity index (χ2n) is 7.75. The summed E-state index contributed by atoms with van der Waals surface area (Å²) in [7, 11) is -3.76. The molecule has 32 heavy (non-hydrogen) atoms. The van der Waals surface area contributed by atoms with Crippen molar-refractivity contribution in [2.24, 2.45) is 0 Å². The summed E-state index contributed by atoms with van der Waals surface area (Å²) < 4.78 is 27.9. The van der Waals surface area contributed by atoms with Crippen LogP contribution in [0.5, 0.6) is 0 Å². The van der Waals surface area contributed by atoms with E-state index in [0.717, 1.165) is 16.9 Å². The molecule has 0 spiro atoms. The second-order valence-corrected chi connectivity index (χ2v) is 11.1. The quantitative estimate of drug-likeness (QED) is 0.393. The number of unbranched alkanes of at least 4 members (excludes halogenated alkanes) is 1. The Bertz CT molecular complexity index is 1100. The van der Waals surface area contributed by atoms with Crippen LogP contribution in [0.2, 0.25) is 0 Å². The molecular weight excluding hydrogens is 440 g/mol. The maximum Gasteiger partial charge on any atom is 0.243 e. The molecule has 1 heterocycles. The molecule has 0 N–H and O–H groups in total. The first-order valence-corrected chi connectivity index (χ1v) is 13.1. The third-order valence-corrected chi connectivity index (χ3v) is 8.01. The van der Waals surface area contributed by atoms with Crippen molar-refractivity contribution >= 4 is 27.3 Å². The molecule has 0 radical (unpaired) electrons. The van der Waals surface area contributed by atoms with Crippen LogP contribution in [0.3, 0.4) is 0 Å². The minimum Gasteiger partial charge on any atom is -0.332 e. The van der Waals surface area contributed by atoms with E-state index in [9.17, 15) is 13.2 Å². The van der Waals surface area contributed by atoms with Crippen LogP contribution in [0.15, 0.2) is 77.7 Å². The minimum atomic E-state index is -3.76. The average molecular weight is 471 g/mol. The van der Waals surface area contributed by atoms with Gasteiger partial charge in [-0.1, -0.05) is 61.9 Å². The van der Waals surface area contributed by atoms with Crippen molar-refractivity contribution in [3.05, 3.63) is 88.1 Å². The number of carbonyl (C=O) groups is 1. The van der Waals surface area contributed by atoms with Crippen LogP contribution in [-0.4, -0.2) is 36.6 Å². The van der Waals surface area contributed by atoms with Gasteiger partial charge in [0.2, 0.25) is 15.9 Å². The zero-order valence-electron chi connectivity index (χ0n) is 18.6. The van der Waals surface area contributed by atoms with Gasteiger partial charge in [0.15, 0.2) is 0 Å². The first-order valence-electron chi connectivity index (χ1n) is 10.8. The Hall–Kier alpha value is -2.48. The summed E-state index contributed by atoms with van der Waals surface area (Å²) in [6.07, 6.45) is 1.54. The van der Waals surface area contributed by atoms with Crippen LogP contribution < -0.4 is 0 Å². The SMILES string of the molecule is CCCCN(CC(=O)N(Cc1ccccc1)Cc1ccc(C)s1)S(=O)(=O)c1ccccc1. The fourth-order valence-corrected chi connectivity index (χ4v) is 5.76. The number of hydrogen-bond acceptors (Lipinski definition) is 4. The highest BCUT2D eigenvalue weighted by Gasteiger charge is 2.28. The Morgan fingerprint density at radius 2 is 1.56 bits per heavy atom. The number of thiophene rings is 1. The monoisotopic (exact) mass is 470 g/mol. The molecule has 7 heteroatoms. The van der Waals surface area contributed by atoms with Crippen molar-refractivity contribution < 1.29 is 13.2 Å². The topological polar surface area (TPSA) is 57.7 Å². The predicted octanol–water partition coefficient (Wildman–Crippen LogP) is 5.08. The van der Waals surface area contributed by atoms with Crippen molar-refractivity contribution in [3.8, 4) is 0 Å². The fourth-order valence-electron chi connectivity index (χ4n) is 3.41. The molecule has 5 nitrogen and oxygen atoms in total. The lowest BCUT2D eigenvalue weighted by Crippen LogP contribution is -2.42. The van der Waals surface area contributed by atoms with E-state index in [2.05, 4.69) is 0 Å². The van der Waals surface area contributed by atoms with E-state index in [4.69, 9.17) is 0 Å². The summed E-state index contributed by atoms with van der Waals surface area (Å²) in [5.74, 6) is -0.199. The van der Waals surface area contributed by atoms with Crippen LogP contribution in [0.4, 0.5) is 0 Å². The second kappa shape index (κ2) is 11.4. The molecule has 0 saturated heterocycles. The van der Waals surface area contributed by atoms with E-state index in [1.165, 1.54) is 9.18 Å². The molecule has 1 amide bonds. The van der Waals surface area contributed by atoms with Crippen molar-refractivity contribution in [1.29, 1.82) is 0 Å². The van der Waals surface area contributed by atoms with E-state index >= 15 is 0 Å². The summed E-state index contributed by atoms with van der Waals surface area (Å²) in [6, 6.07) is 22.2. The first kappa shape index (κ1) is 24.2. The van der Waals surface area contributed by atoms with Crippen LogP contribution in [0.25, 0.3) is 0 Å². The van der Waals surface area contributed by atoms with Gasteiger partial charge >= 0.3 is 0 Å². The highest BCUT2D eigenvalue weighted by atomic mass is 32.2. The molecule has 0 aliphatic rings. The zero-order chi connectivity index (χ0) is 23.0. The van der Waals surface area contributed by atoms with Gasteiger partial charge < -0.3 is 4.90 Å². The standard InChI is InChI=1S/C25H30N2O3S2/c1-3-4-17-27(32(29,30)24-13-9-6-10-14-24)20-25(28)26(18-22-11-7-5-8-12-22)19-23-16-15-21(2)31-23/h5-16H,3-4,17-20H2,1-2H3. The van der Waals surface area contributed by atoms with Crippen molar-refractivity contribution in [2.75, 3.05) is 13.1 Å². The maximum absolute atomic E-state index is 13.4. The third kappa shape index (κ3) is 6.51. The molecule has 0 aliphatic carbocycles. The van der Waals surface area contributed by atoms with Crippen LogP contribution >= 0.6 is 11.3 Å². The van der Waals surface area contributed by atoms with E-state index in [-0.39, 0.29) is 17.3 Å². The Labute approximate surface area is 195 Å². The van der Waals surface area contributed by atoms with Gasteiger partial charge in [-0.2, -0.15) is 4.31 Å². The van der Waals surface area contributed by atoms with E-state index in [1.54, 1.807) is 46.6 Å². The molecule has 0 atom stereocenters. The van der Waals surface area contributed by atoms with Gasteiger partial charge in [0.1, 0.15) is 0 Å². The number of carbonyl (C=O) groups excluding carboxylic acids is 1. The molecule has 0 bridgehead atoms. The van der Waals surface area contributed by atoms with Gasteiger partial charge in [-0.25, -0.2) is 8.42 Å². The lowest BCUT2D eigenvalue weighted by molar-refractivity contribution is -0.132. The molecule has 2 aromatic carbocycles. The largest absolute Gasteiger partial charge is 0.332 e. The number of hydrogen-bond donors (Lipinski definition) is 0. The molecule has 0 saturated carbocycles. The normalized spacial score (nSPS) is 11.6. The minimum absolute atomic E-state index is 0.172. The van der Waals surface area contributed by atoms with E-state index in [1.807, 2.05) is 56.3 Å². The van der Waals surface area contributed by atoms with Crippen LogP contribution in [-0.2, 0) is 27.9 Å². The molecule has 0 unspecified atom stereocenters. The smallest absolute Gasteiger partial charge is 0.243 e. The Kier molecular flexibility index (Phi) is 8.61. The van der Waals surface area contributed by atoms with Crippen molar-refractivity contribution in [2.45, 2.75) is 44.7 Å². The maximum atomic E-state index is 13.4. The molecule has 0 fully saturated rings. The summed E-state index contributed by atoms with van der Waals surface area (Å²) in [6.45, 7) is 5.08. The van der Waals surface area contributed by atoms with Gasteiger partial charge in [0.05, 0.1) is 18.0 Å². The average Bonchev–Trinajstić information content (AvgIpc) is 3.21. The van der Waals surface area contributed by atoms with Crippen molar-refractivity contribution in [1.82, 2.24) is 9.21 Å². The Morgan fingerprint density at radius 3 is 2.16 bits per heavy atom. The van der Waals surface area contributed by atoms with Crippen molar-refractivity contribution in [3.63, 3.8) is 0 Å². The highest BCUT2D eigenvalue weighted by Crippen LogP contribution is 2.21. The Balaban J connectivity index is 1.84. The lowest BCUT2D eigenvalue weighted by Gasteiger charge is -2.27. The number of rotatable bonds is 11. The van der Waals surface area contributed by atoms with Gasteiger partial charge in [0.25, 0.3) is 0 Å². The van der Waals surface area contributed by atoms with Gasteiger partial charge in [-0.3, -0.25) is 4.79 Å². The lowest BCUT2D eigenvalue weighted by atomic mass is 10.2. The first-order chi connectivity index (χ1) is 15.4. The molecule has 1 aromatic heterocycles. The summed E-state index contributed by atoms with van der Waals surface area (Å²) >= 11 is 1.65. The van der Waals surface area contributed by atoms with Crippen LogP contribution in [0, 0.1) is 6.92 Å². The number of nitrogens with zero attached hydrogens (tertiary/aromatic N) is 2. The van der Waals surface area contributed by atoms with Gasteiger partial charge in [-0.05, 0) is 43.2 Å². The number of benzene rings is 2. The highest BCUT2D eigenvalue weighted by molar-refractivity contribution is 7.89. The third-order valence-electron chi connectivity index (χ3n) is 5.17. The molecule has 3 rings (SSSR count). The van der Waals surface area contributed by atoms with Crippen LogP contribution in [0.1, 0.15) is 35.1 Å². The van der Waals surface area contributed by atoms with Gasteiger partial charge in [0, 0.05) is 22.8 Å². The van der Waals surface area contributed by atoms with E-state index < -0.39 is 10.0 Å². The number of sulfonamides is 1. The summed E-state index contributed by atoms with van der Waals surface area (Å²) in [4.78, 5) is 17.7. The molecule has 0 aliphatic heterocycles. The predicted molar refractivity (Wildman–Crippen MR) is 130 cm³/mol. The summed E-state index contributed by atoms with van der Waals surface area (Å²) in [5, 5.41) is 0. The fraction of sp³-hybridized carbons (Fsp3) is 0.320. The zero-order valence-corrected chi connectivity index (χ0v) is 20.2. The molecule has 3 aromatic rings. The molecular formula is C25H30N2O3S2. The molecule has 170 valence electrons. The van der Waals surface area contributed by atoms with E-state index in [0.29, 0.717) is 26.1 Å². The van der Waals surface area contributed by atoms with Gasteiger partial charge in [-0.15, -0.1) is 11.3 Å². The summed E-state index contributed by atoms with van der Waals surface area (Å²) in [5.41, 5.74) is 1.01.